The van der Waals surface area contributed by atoms with Crippen molar-refractivity contribution in [2.24, 2.45) is 16.8 Å². The minimum atomic E-state index is 0.145. The first-order valence-electron chi connectivity index (χ1n) is 6.88. The second-order valence-electron chi connectivity index (χ2n) is 5.40. The molecule has 0 aromatic heterocycles. The van der Waals surface area contributed by atoms with Gasteiger partial charge in [0.2, 0.25) is 5.90 Å². The highest BCUT2D eigenvalue weighted by atomic mass is 16.7. The van der Waals surface area contributed by atoms with Crippen molar-refractivity contribution in [1.29, 1.82) is 0 Å². The Bertz CT molecular complexity index is 320. The van der Waals surface area contributed by atoms with E-state index < -0.39 is 0 Å². The predicted octanol–water partition coefficient (Wildman–Crippen LogP) is 3.43. The number of hydroxylamine groups is 1. The van der Waals surface area contributed by atoms with Crippen molar-refractivity contribution in [3.8, 4) is 0 Å². The van der Waals surface area contributed by atoms with E-state index in [-0.39, 0.29) is 6.17 Å². The van der Waals surface area contributed by atoms with Crippen LogP contribution in [-0.4, -0.2) is 12.1 Å². The Morgan fingerprint density at radius 3 is 2.94 bits per heavy atom. The SMILES string of the molecule is CCC1=CCCC(C2=NC(C(C)C)NO2)CC1. The van der Waals surface area contributed by atoms with Gasteiger partial charge < -0.3 is 4.84 Å². The average molecular weight is 236 g/mol. The lowest BCUT2D eigenvalue weighted by atomic mass is 9.98. The van der Waals surface area contributed by atoms with Gasteiger partial charge in [-0.15, -0.1) is 5.48 Å². The van der Waals surface area contributed by atoms with Crippen molar-refractivity contribution in [3.05, 3.63) is 11.6 Å². The summed E-state index contributed by atoms with van der Waals surface area (Å²) in [5, 5.41) is 0. The molecule has 1 N–H and O–H groups in total. The zero-order valence-corrected chi connectivity index (χ0v) is 11.2. The second-order valence-corrected chi connectivity index (χ2v) is 5.40. The van der Waals surface area contributed by atoms with E-state index in [9.17, 15) is 0 Å². The monoisotopic (exact) mass is 236 g/mol. The first-order chi connectivity index (χ1) is 8.20. The number of aliphatic imine (C=N–C) groups is 1. The number of hydrogen-bond acceptors (Lipinski definition) is 3. The minimum absolute atomic E-state index is 0.145. The Kier molecular flexibility index (Phi) is 4.21. The molecule has 0 aromatic rings. The molecule has 3 heteroatoms. The first kappa shape index (κ1) is 12.6. The van der Waals surface area contributed by atoms with Crippen LogP contribution in [0, 0.1) is 11.8 Å². The summed E-state index contributed by atoms with van der Waals surface area (Å²) in [5.74, 6) is 1.93. The smallest absolute Gasteiger partial charge is 0.214 e. The first-order valence-corrected chi connectivity index (χ1v) is 6.88. The topological polar surface area (TPSA) is 33.6 Å². The molecule has 1 heterocycles. The summed E-state index contributed by atoms with van der Waals surface area (Å²) in [6, 6.07) is 0. The third-order valence-electron chi connectivity index (χ3n) is 3.75. The van der Waals surface area contributed by atoms with Crippen LogP contribution in [0.5, 0.6) is 0 Å². The summed E-state index contributed by atoms with van der Waals surface area (Å²) in [7, 11) is 0. The van der Waals surface area contributed by atoms with Crippen molar-refractivity contribution in [2.75, 3.05) is 0 Å². The molecule has 2 unspecified atom stereocenters. The number of nitrogens with one attached hydrogen (secondary N) is 1. The van der Waals surface area contributed by atoms with E-state index in [1.165, 1.54) is 32.1 Å². The molecule has 0 bridgehead atoms. The van der Waals surface area contributed by atoms with Crippen molar-refractivity contribution in [3.63, 3.8) is 0 Å². The van der Waals surface area contributed by atoms with Crippen molar-refractivity contribution < 1.29 is 4.84 Å². The summed E-state index contributed by atoms with van der Waals surface area (Å²) in [5.41, 5.74) is 4.63. The molecule has 0 fully saturated rings. The fraction of sp³-hybridized carbons (Fsp3) is 0.786. The third kappa shape index (κ3) is 3.09. The maximum absolute atomic E-state index is 5.57. The normalized spacial score (nSPS) is 29.6. The highest BCUT2D eigenvalue weighted by Crippen LogP contribution is 2.27. The largest absolute Gasteiger partial charge is 0.391 e. The number of nitrogens with zero attached hydrogens (tertiary/aromatic N) is 1. The van der Waals surface area contributed by atoms with Gasteiger partial charge in [-0.05, 0) is 38.0 Å². The molecular formula is C14H24N2O. The van der Waals surface area contributed by atoms with Crippen LogP contribution in [0.4, 0.5) is 0 Å². The van der Waals surface area contributed by atoms with Crippen molar-refractivity contribution >= 4 is 5.90 Å². The summed E-state index contributed by atoms with van der Waals surface area (Å²) in [6.07, 6.45) is 8.47. The molecule has 0 aromatic carbocycles. The molecule has 17 heavy (non-hydrogen) atoms. The lowest BCUT2D eigenvalue weighted by molar-refractivity contribution is 0.148. The Labute approximate surface area is 104 Å². The molecule has 1 aliphatic heterocycles. The quantitative estimate of drug-likeness (QED) is 0.762. The van der Waals surface area contributed by atoms with Crippen LogP contribution in [0.2, 0.25) is 0 Å². The summed E-state index contributed by atoms with van der Waals surface area (Å²) in [6.45, 7) is 6.57. The van der Waals surface area contributed by atoms with E-state index in [0.29, 0.717) is 11.8 Å². The molecule has 96 valence electrons. The van der Waals surface area contributed by atoms with Gasteiger partial charge in [-0.25, -0.2) is 4.99 Å². The molecule has 0 amide bonds. The van der Waals surface area contributed by atoms with Gasteiger partial charge in [0.05, 0.1) is 0 Å². The van der Waals surface area contributed by atoms with Gasteiger partial charge in [0.25, 0.3) is 0 Å². The maximum atomic E-state index is 5.57. The van der Waals surface area contributed by atoms with E-state index in [1.807, 2.05) is 0 Å². The molecule has 3 nitrogen and oxygen atoms in total. The minimum Gasteiger partial charge on any atom is -0.391 e. The van der Waals surface area contributed by atoms with Crippen LogP contribution >= 0.6 is 0 Å². The number of allylic oxidation sites excluding steroid dienone is 2. The van der Waals surface area contributed by atoms with Gasteiger partial charge in [-0.1, -0.05) is 32.4 Å². The van der Waals surface area contributed by atoms with Crippen LogP contribution in [0.3, 0.4) is 0 Å². The van der Waals surface area contributed by atoms with Gasteiger partial charge in [-0.2, -0.15) is 0 Å². The van der Waals surface area contributed by atoms with Gasteiger partial charge in [-0.3, -0.25) is 0 Å². The lowest BCUT2D eigenvalue weighted by Gasteiger charge is -2.12. The molecule has 0 saturated heterocycles. The highest BCUT2D eigenvalue weighted by Gasteiger charge is 2.27. The van der Waals surface area contributed by atoms with Gasteiger partial charge in [0.15, 0.2) is 0 Å². The van der Waals surface area contributed by atoms with Crippen molar-refractivity contribution in [2.45, 2.75) is 59.0 Å². The predicted molar refractivity (Wildman–Crippen MR) is 70.6 cm³/mol. The Hall–Kier alpha value is -0.830. The average Bonchev–Trinajstić information content (AvgIpc) is 2.68. The molecule has 2 aliphatic rings. The summed E-state index contributed by atoms with van der Waals surface area (Å²) < 4.78 is 0. The van der Waals surface area contributed by atoms with E-state index in [1.54, 1.807) is 5.57 Å². The molecule has 1 aliphatic carbocycles. The molecule has 0 spiro atoms. The summed E-state index contributed by atoms with van der Waals surface area (Å²) >= 11 is 0. The standard InChI is InChI=1S/C14H24N2O/c1-4-11-6-5-7-12(9-8-11)14-15-13(10(2)3)16-17-14/h6,10,12-13,16H,4-5,7-9H2,1-3H3. The zero-order valence-electron chi connectivity index (χ0n) is 11.2. The Morgan fingerprint density at radius 2 is 2.29 bits per heavy atom. The maximum Gasteiger partial charge on any atom is 0.214 e. The molecule has 2 rings (SSSR count). The van der Waals surface area contributed by atoms with Crippen LogP contribution in [0.15, 0.2) is 16.6 Å². The van der Waals surface area contributed by atoms with Crippen molar-refractivity contribution in [1.82, 2.24) is 5.48 Å². The third-order valence-corrected chi connectivity index (χ3v) is 3.75. The molecule has 0 saturated carbocycles. The zero-order chi connectivity index (χ0) is 12.3. The van der Waals surface area contributed by atoms with Crippen LogP contribution in [0.25, 0.3) is 0 Å². The van der Waals surface area contributed by atoms with Crippen LogP contribution < -0.4 is 5.48 Å². The lowest BCUT2D eigenvalue weighted by Crippen LogP contribution is -2.26. The highest BCUT2D eigenvalue weighted by molar-refractivity contribution is 5.79. The summed E-state index contributed by atoms with van der Waals surface area (Å²) in [4.78, 5) is 10.2. The van der Waals surface area contributed by atoms with Gasteiger partial charge in [0, 0.05) is 5.92 Å². The molecular weight excluding hydrogens is 212 g/mol. The van der Waals surface area contributed by atoms with E-state index in [0.717, 1.165) is 5.90 Å². The fourth-order valence-electron chi connectivity index (χ4n) is 2.45. The fourth-order valence-corrected chi connectivity index (χ4v) is 2.45. The molecule has 0 radical (unpaired) electrons. The van der Waals surface area contributed by atoms with E-state index in [2.05, 4.69) is 37.3 Å². The second kappa shape index (κ2) is 5.67. The van der Waals surface area contributed by atoms with E-state index >= 15 is 0 Å². The van der Waals surface area contributed by atoms with E-state index in [4.69, 9.17) is 4.84 Å². The Balaban J connectivity index is 1.94. The Morgan fingerprint density at radius 1 is 1.47 bits per heavy atom. The van der Waals surface area contributed by atoms with Crippen LogP contribution in [0.1, 0.15) is 52.9 Å². The van der Waals surface area contributed by atoms with Crippen LogP contribution in [-0.2, 0) is 4.84 Å². The number of hydrogen-bond donors (Lipinski definition) is 1. The van der Waals surface area contributed by atoms with Gasteiger partial charge >= 0.3 is 0 Å². The number of rotatable bonds is 3. The molecule has 2 atom stereocenters. The van der Waals surface area contributed by atoms with Gasteiger partial charge in [0.1, 0.15) is 6.17 Å².